The highest BCUT2D eigenvalue weighted by Crippen LogP contribution is 2.29. The Kier molecular flexibility index (Phi) is 9.67. The lowest BCUT2D eigenvalue weighted by Crippen LogP contribution is -2.44. The van der Waals surface area contributed by atoms with Crippen molar-refractivity contribution in [1.82, 2.24) is 14.6 Å². The van der Waals surface area contributed by atoms with E-state index in [1.54, 1.807) is 22.9 Å². The molecule has 1 N–H and O–H groups in total. The summed E-state index contributed by atoms with van der Waals surface area (Å²) in [6.07, 6.45) is -8.11. The normalized spacial score (nSPS) is 14.1. The molecule has 0 amide bonds. The zero-order valence-corrected chi connectivity index (χ0v) is 23.1. The molecule has 1 aliphatic heterocycles. The van der Waals surface area contributed by atoms with Gasteiger partial charge in [0.05, 0.1) is 6.54 Å². The zero-order chi connectivity index (χ0) is 32.1. The topological polar surface area (TPSA) is 101 Å². The number of piperazine rings is 1. The first kappa shape index (κ1) is 32.1. The molecular formula is C29H26F6N4O5. The minimum Gasteiger partial charge on any atom is -0.475 e. The summed E-state index contributed by atoms with van der Waals surface area (Å²) in [6, 6.07) is 18.4. The lowest BCUT2D eigenvalue weighted by Gasteiger charge is -2.34. The molecule has 1 aliphatic rings. The predicted octanol–water partition coefficient (Wildman–Crippen LogP) is 5.50. The smallest absolute Gasteiger partial charge is 0.475 e. The first-order valence-corrected chi connectivity index (χ1v) is 13.0. The Morgan fingerprint density at radius 3 is 2.18 bits per heavy atom. The van der Waals surface area contributed by atoms with Gasteiger partial charge in [-0.15, -0.1) is 13.2 Å². The van der Waals surface area contributed by atoms with E-state index in [2.05, 4.69) is 38.9 Å². The number of hydrogen-bond donors (Lipinski definition) is 1. The van der Waals surface area contributed by atoms with E-state index in [0.29, 0.717) is 29.1 Å². The molecule has 0 spiro atoms. The van der Waals surface area contributed by atoms with Crippen molar-refractivity contribution >= 4 is 11.7 Å². The number of carboxylic acid groups (broad SMARTS) is 1. The SMILES string of the molecule is CN1CCN(c2cccc(Cn3cc(-c4cc(-c5ccc(OC(F)(F)F)cc5)on4)ccc3=O)c2)CC1.O=C(O)C(F)(F)F. The Morgan fingerprint density at radius 1 is 0.932 bits per heavy atom. The minimum absolute atomic E-state index is 0.141. The van der Waals surface area contributed by atoms with Gasteiger partial charge in [0.25, 0.3) is 5.56 Å². The average Bonchev–Trinajstić information content (AvgIpc) is 3.45. The number of aliphatic carboxylic acids is 1. The number of carbonyl (C=O) groups is 1. The highest BCUT2D eigenvalue weighted by Gasteiger charge is 2.38. The lowest BCUT2D eigenvalue weighted by molar-refractivity contribution is -0.274. The molecule has 2 aromatic heterocycles. The monoisotopic (exact) mass is 624 g/mol. The van der Waals surface area contributed by atoms with Crippen LogP contribution in [0.1, 0.15) is 5.56 Å². The number of aromatic nitrogens is 2. The number of likely N-dealkylation sites (N-methyl/N-ethyl adjacent to an activating group) is 1. The second-order valence-corrected chi connectivity index (χ2v) is 9.80. The Hall–Kier alpha value is -4.79. The summed E-state index contributed by atoms with van der Waals surface area (Å²) in [7, 11) is 2.12. The minimum atomic E-state index is -5.08. The van der Waals surface area contributed by atoms with Crippen LogP contribution in [-0.2, 0) is 11.3 Å². The van der Waals surface area contributed by atoms with E-state index in [0.717, 1.165) is 37.4 Å². The second-order valence-electron chi connectivity index (χ2n) is 9.80. The van der Waals surface area contributed by atoms with Gasteiger partial charge in [0, 0.05) is 61.3 Å². The molecule has 0 unspecified atom stereocenters. The van der Waals surface area contributed by atoms with E-state index in [1.165, 1.54) is 30.3 Å². The van der Waals surface area contributed by atoms with Gasteiger partial charge >= 0.3 is 18.5 Å². The van der Waals surface area contributed by atoms with E-state index in [9.17, 15) is 31.1 Å². The molecule has 0 bridgehead atoms. The van der Waals surface area contributed by atoms with Gasteiger partial charge in [-0.1, -0.05) is 17.3 Å². The van der Waals surface area contributed by atoms with Gasteiger partial charge in [-0.05, 0) is 55.1 Å². The zero-order valence-electron chi connectivity index (χ0n) is 23.1. The van der Waals surface area contributed by atoms with Gasteiger partial charge in [0.2, 0.25) is 0 Å². The largest absolute Gasteiger partial charge is 0.573 e. The molecule has 234 valence electrons. The number of halogens is 6. The molecule has 15 heteroatoms. The number of rotatable bonds is 6. The van der Waals surface area contributed by atoms with E-state index in [4.69, 9.17) is 14.4 Å². The number of anilines is 1. The summed E-state index contributed by atoms with van der Waals surface area (Å²) in [5.41, 5.74) is 3.74. The lowest BCUT2D eigenvalue weighted by atomic mass is 10.1. The molecule has 3 heterocycles. The number of ether oxygens (including phenoxy) is 1. The first-order valence-electron chi connectivity index (χ1n) is 13.0. The van der Waals surface area contributed by atoms with Crippen molar-refractivity contribution in [3.63, 3.8) is 0 Å². The standard InChI is InChI=1S/C27H25F3N4O3.C2HF3O2/c1-32-11-13-33(14-12-32)22-4-2-3-19(15-22)17-34-18-21(7-10-26(34)35)24-16-25(37-31-24)20-5-8-23(9-6-20)36-27(28,29)30;3-2(4,5)1(6)7/h2-10,15-16,18H,11-14,17H2,1H3;(H,6,7). The van der Waals surface area contributed by atoms with Gasteiger partial charge in [0.15, 0.2) is 5.76 Å². The molecule has 1 fully saturated rings. The van der Waals surface area contributed by atoms with E-state index in [-0.39, 0.29) is 11.3 Å². The molecular weight excluding hydrogens is 598 g/mol. The van der Waals surface area contributed by atoms with Crippen molar-refractivity contribution in [3.8, 4) is 28.3 Å². The molecule has 0 radical (unpaired) electrons. The fourth-order valence-corrected chi connectivity index (χ4v) is 4.29. The number of nitrogens with zero attached hydrogens (tertiary/aromatic N) is 4. The van der Waals surface area contributed by atoms with Crippen LogP contribution < -0.4 is 15.2 Å². The summed E-state index contributed by atoms with van der Waals surface area (Å²) in [4.78, 5) is 26.1. The average molecular weight is 625 g/mol. The number of pyridine rings is 1. The van der Waals surface area contributed by atoms with Crippen LogP contribution in [0.25, 0.3) is 22.6 Å². The van der Waals surface area contributed by atoms with Crippen molar-refractivity contribution in [3.05, 3.63) is 88.8 Å². The van der Waals surface area contributed by atoms with E-state index >= 15 is 0 Å². The number of alkyl halides is 6. The number of benzene rings is 2. The maximum Gasteiger partial charge on any atom is 0.573 e. The maximum absolute atomic E-state index is 12.6. The molecule has 0 saturated carbocycles. The van der Waals surface area contributed by atoms with Crippen molar-refractivity contribution in [1.29, 1.82) is 0 Å². The number of hydrogen-bond acceptors (Lipinski definition) is 7. The van der Waals surface area contributed by atoms with Gasteiger partial charge in [-0.2, -0.15) is 13.2 Å². The predicted molar refractivity (Wildman–Crippen MR) is 147 cm³/mol. The Bertz CT molecular complexity index is 1620. The fraction of sp³-hybridized carbons (Fsp3) is 0.276. The summed E-state index contributed by atoms with van der Waals surface area (Å²) >= 11 is 0. The van der Waals surface area contributed by atoms with Crippen LogP contribution in [0, 0.1) is 0 Å². The Labute approximate surface area is 246 Å². The van der Waals surface area contributed by atoms with E-state index < -0.39 is 18.5 Å². The Balaban J connectivity index is 0.000000566. The highest BCUT2D eigenvalue weighted by atomic mass is 19.4. The van der Waals surface area contributed by atoms with Crippen molar-refractivity contribution in [2.45, 2.75) is 19.1 Å². The van der Waals surface area contributed by atoms with Crippen LogP contribution in [0.5, 0.6) is 5.75 Å². The molecule has 5 rings (SSSR count). The van der Waals surface area contributed by atoms with Gasteiger partial charge < -0.3 is 28.7 Å². The molecule has 9 nitrogen and oxygen atoms in total. The highest BCUT2D eigenvalue weighted by molar-refractivity contribution is 5.73. The maximum atomic E-state index is 12.6. The molecule has 0 aliphatic carbocycles. The third-order valence-corrected chi connectivity index (χ3v) is 6.54. The molecule has 4 aromatic rings. The third-order valence-electron chi connectivity index (χ3n) is 6.54. The van der Waals surface area contributed by atoms with Crippen LogP contribution in [0.3, 0.4) is 0 Å². The Morgan fingerprint density at radius 2 is 1.57 bits per heavy atom. The second kappa shape index (κ2) is 13.2. The van der Waals surface area contributed by atoms with E-state index in [1.807, 2.05) is 12.1 Å². The summed E-state index contributed by atoms with van der Waals surface area (Å²) in [5, 5.41) is 11.2. The summed E-state index contributed by atoms with van der Waals surface area (Å²) in [5.74, 6) is -2.70. The van der Waals surface area contributed by atoms with Crippen molar-refractivity contribution in [2.24, 2.45) is 0 Å². The quantitative estimate of drug-likeness (QED) is 0.281. The first-order chi connectivity index (χ1) is 20.7. The molecule has 2 aromatic carbocycles. The summed E-state index contributed by atoms with van der Waals surface area (Å²) in [6.45, 7) is 4.34. The third kappa shape index (κ3) is 8.86. The van der Waals surface area contributed by atoms with Crippen molar-refractivity contribution < 1.29 is 45.5 Å². The van der Waals surface area contributed by atoms with Crippen LogP contribution in [0.15, 0.2) is 82.2 Å². The molecule has 0 atom stereocenters. The van der Waals surface area contributed by atoms with Gasteiger partial charge in [-0.25, -0.2) is 4.79 Å². The molecule has 44 heavy (non-hydrogen) atoms. The summed E-state index contributed by atoms with van der Waals surface area (Å²) < 4.78 is 79.9. The van der Waals surface area contributed by atoms with Gasteiger partial charge in [0.1, 0.15) is 11.4 Å². The fourth-order valence-electron chi connectivity index (χ4n) is 4.29. The van der Waals surface area contributed by atoms with Gasteiger partial charge in [-0.3, -0.25) is 4.79 Å². The molecule has 1 saturated heterocycles. The van der Waals surface area contributed by atoms with Crippen LogP contribution >= 0.6 is 0 Å². The van der Waals surface area contributed by atoms with Crippen molar-refractivity contribution in [2.75, 3.05) is 38.1 Å². The van der Waals surface area contributed by atoms with Crippen LogP contribution in [0.2, 0.25) is 0 Å². The number of carboxylic acids is 1. The van der Waals surface area contributed by atoms with Crippen LogP contribution in [0.4, 0.5) is 32.0 Å². The van der Waals surface area contributed by atoms with Crippen LogP contribution in [-0.4, -0.2) is 71.5 Å².